The number of hydrogen-bond donors (Lipinski definition) is 0. The van der Waals surface area contributed by atoms with E-state index in [0.717, 1.165) is 25.1 Å². The number of aryl methyl sites for hydroxylation is 2. The number of piperidine rings is 1. The predicted octanol–water partition coefficient (Wildman–Crippen LogP) is 1.74. The van der Waals surface area contributed by atoms with E-state index in [2.05, 4.69) is 10.3 Å². The Kier molecular flexibility index (Phi) is 3.30. The van der Waals surface area contributed by atoms with Crippen LogP contribution >= 0.6 is 0 Å². The third kappa shape index (κ3) is 2.45. The predicted molar refractivity (Wildman–Crippen MR) is 72.3 cm³/mol. The first kappa shape index (κ1) is 12.9. The molecule has 0 N–H and O–H groups in total. The van der Waals surface area contributed by atoms with Gasteiger partial charge in [0.2, 0.25) is 0 Å². The molecule has 0 aromatic carbocycles. The van der Waals surface area contributed by atoms with Crippen molar-refractivity contribution in [2.45, 2.75) is 25.7 Å². The van der Waals surface area contributed by atoms with E-state index in [1.807, 2.05) is 24.2 Å². The minimum atomic E-state index is -0.0533. The van der Waals surface area contributed by atoms with Crippen LogP contribution in [0.4, 0.5) is 0 Å². The second kappa shape index (κ2) is 5.11. The molecule has 6 heteroatoms. The number of rotatable bonds is 2. The number of carbonyl (C=O) groups excluding carboxylic acids is 1. The summed E-state index contributed by atoms with van der Waals surface area (Å²) in [5, 5.41) is 8.26. The van der Waals surface area contributed by atoms with Crippen LogP contribution in [0.2, 0.25) is 0 Å². The highest BCUT2D eigenvalue weighted by Gasteiger charge is 2.28. The lowest BCUT2D eigenvalue weighted by Gasteiger charge is -2.31. The number of carbonyl (C=O) groups is 1. The molecule has 0 bridgehead atoms. The Hall–Kier alpha value is -2.11. The second-order valence-corrected chi connectivity index (χ2v) is 5.33. The standard InChI is InChI=1S/C14H18N4O2/c1-10-8-13(16-20-10)14(19)18-6-3-4-11(9-18)12-5-7-17(2)15-12/h5,7-8,11H,3-4,6,9H2,1-2H3/t11-/m1/s1. The molecule has 0 aliphatic carbocycles. The smallest absolute Gasteiger partial charge is 0.276 e. The first-order valence-electron chi connectivity index (χ1n) is 6.85. The Bertz CT molecular complexity index is 616. The van der Waals surface area contributed by atoms with Crippen molar-refractivity contribution in [2.75, 3.05) is 13.1 Å². The van der Waals surface area contributed by atoms with Crippen molar-refractivity contribution in [3.05, 3.63) is 35.5 Å². The number of hydrogen-bond acceptors (Lipinski definition) is 4. The summed E-state index contributed by atoms with van der Waals surface area (Å²) in [6.45, 7) is 3.26. The SMILES string of the molecule is Cc1cc(C(=O)N2CCC[C@@H](c3ccn(C)n3)C2)no1. The molecule has 0 unspecified atom stereocenters. The fourth-order valence-electron chi connectivity index (χ4n) is 2.68. The summed E-state index contributed by atoms with van der Waals surface area (Å²) < 4.78 is 6.78. The van der Waals surface area contributed by atoms with Gasteiger partial charge < -0.3 is 9.42 Å². The molecule has 1 saturated heterocycles. The van der Waals surface area contributed by atoms with Crippen LogP contribution in [0.1, 0.15) is 40.7 Å². The maximum absolute atomic E-state index is 12.4. The largest absolute Gasteiger partial charge is 0.361 e. The van der Waals surface area contributed by atoms with Gasteiger partial charge in [0.05, 0.1) is 5.69 Å². The van der Waals surface area contributed by atoms with Crippen molar-refractivity contribution in [1.29, 1.82) is 0 Å². The molecule has 0 spiro atoms. The molecule has 3 heterocycles. The zero-order chi connectivity index (χ0) is 14.1. The first-order chi connectivity index (χ1) is 9.63. The van der Waals surface area contributed by atoms with Crippen LogP contribution in [0.25, 0.3) is 0 Å². The Labute approximate surface area is 117 Å². The van der Waals surface area contributed by atoms with Gasteiger partial charge in [-0.05, 0) is 25.8 Å². The van der Waals surface area contributed by atoms with Crippen LogP contribution in [0, 0.1) is 6.92 Å². The maximum Gasteiger partial charge on any atom is 0.276 e. The van der Waals surface area contributed by atoms with Crippen molar-refractivity contribution in [1.82, 2.24) is 19.8 Å². The summed E-state index contributed by atoms with van der Waals surface area (Å²) in [5.74, 6) is 0.913. The van der Waals surface area contributed by atoms with Crippen molar-refractivity contribution in [3.8, 4) is 0 Å². The molecule has 1 fully saturated rings. The monoisotopic (exact) mass is 274 g/mol. The normalized spacial score (nSPS) is 19.3. The first-order valence-corrected chi connectivity index (χ1v) is 6.85. The molecular formula is C14H18N4O2. The summed E-state index contributed by atoms with van der Waals surface area (Å²) >= 11 is 0. The zero-order valence-corrected chi connectivity index (χ0v) is 11.7. The van der Waals surface area contributed by atoms with E-state index in [-0.39, 0.29) is 5.91 Å². The van der Waals surface area contributed by atoms with Gasteiger partial charge in [-0.1, -0.05) is 5.16 Å². The summed E-state index contributed by atoms with van der Waals surface area (Å²) in [5.41, 5.74) is 1.45. The van der Waals surface area contributed by atoms with Crippen molar-refractivity contribution in [2.24, 2.45) is 7.05 Å². The Morgan fingerprint density at radius 3 is 3.00 bits per heavy atom. The van der Waals surface area contributed by atoms with Crippen LogP contribution in [0.3, 0.4) is 0 Å². The van der Waals surface area contributed by atoms with E-state index in [1.165, 1.54) is 0 Å². The van der Waals surface area contributed by atoms with Crippen LogP contribution in [-0.4, -0.2) is 38.8 Å². The number of aromatic nitrogens is 3. The summed E-state index contributed by atoms with van der Waals surface area (Å²) in [4.78, 5) is 14.2. The number of likely N-dealkylation sites (tertiary alicyclic amines) is 1. The van der Waals surface area contributed by atoms with Gasteiger partial charge in [-0.15, -0.1) is 0 Å². The molecule has 106 valence electrons. The molecule has 1 aliphatic rings. The minimum absolute atomic E-state index is 0.0533. The van der Waals surface area contributed by atoms with E-state index < -0.39 is 0 Å². The highest BCUT2D eigenvalue weighted by atomic mass is 16.5. The molecule has 1 amide bonds. The van der Waals surface area contributed by atoms with Gasteiger partial charge in [-0.2, -0.15) is 5.10 Å². The van der Waals surface area contributed by atoms with Crippen molar-refractivity contribution in [3.63, 3.8) is 0 Å². The summed E-state index contributed by atoms with van der Waals surface area (Å²) in [6.07, 6.45) is 4.00. The van der Waals surface area contributed by atoms with E-state index in [0.29, 0.717) is 23.9 Å². The van der Waals surface area contributed by atoms with Gasteiger partial charge in [0.15, 0.2) is 5.69 Å². The molecule has 2 aromatic heterocycles. The van der Waals surface area contributed by atoms with Gasteiger partial charge in [-0.3, -0.25) is 9.48 Å². The van der Waals surface area contributed by atoms with E-state index in [1.54, 1.807) is 17.7 Å². The van der Waals surface area contributed by atoms with Crippen LogP contribution in [-0.2, 0) is 7.05 Å². The van der Waals surface area contributed by atoms with E-state index in [4.69, 9.17) is 4.52 Å². The van der Waals surface area contributed by atoms with Crippen molar-refractivity contribution >= 4 is 5.91 Å². The van der Waals surface area contributed by atoms with Gasteiger partial charge in [0.25, 0.3) is 5.91 Å². The highest BCUT2D eigenvalue weighted by molar-refractivity contribution is 5.92. The Morgan fingerprint density at radius 2 is 2.35 bits per heavy atom. The third-order valence-corrected chi connectivity index (χ3v) is 3.71. The molecule has 3 rings (SSSR count). The lowest BCUT2D eigenvalue weighted by atomic mass is 9.95. The molecule has 0 radical (unpaired) electrons. The maximum atomic E-state index is 12.4. The molecule has 2 aromatic rings. The third-order valence-electron chi connectivity index (χ3n) is 3.71. The number of amides is 1. The average Bonchev–Trinajstić information content (AvgIpc) is 3.07. The van der Waals surface area contributed by atoms with Crippen LogP contribution in [0.5, 0.6) is 0 Å². The zero-order valence-electron chi connectivity index (χ0n) is 11.7. The van der Waals surface area contributed by atoms with E-state index >= 15 is 0 Å². The summed E-state index contributed by atoms with van der Waals surface area (Å²) in [6, 6.07) is 3.71. The molecule has 20 heavy (non-hydrogen) atoms. The van der Waals surface area contributed by atoms with Gasteiger partial charge in [-0.25, -0.2) is 0 Å². The molecule has 6 nitrogen and oxygen atoms in total. The van der Waals surface area contributed by atoms with Gasteiger partial charge in [0.1, 0.15) is 5.76 Å². The fraction of sp³-hybridized carbons (Fsp3) is 0.500. The molecular weight excluding hydrogens is 256 g/mol. The number of nitrogens with zero attached hydrogens (tertiary/aromatic N) is 4. The topological polar surface area (TPSA) is 64.2 Å². The highest BCUT2D eigenvalue weighted by Crippen LogP contribution is 2.26. The molecule has 1 atom stereocenters. The lowest BCUT2D eigenvalue weighted by Crippen LogP contribution is -2.39. The van der Waals surface area contributed by atoms with Crippen LogP contribution < -0.4 is 0 Å². The van der Waals surface area contributed by atoms with Crippen molar-refractivity contribution < 1.29 is 9.32 Å². The van der Waals surface area contributed by atoms with Crippen LogP contribution in [0.15, 0.2) is 22.9 Å². The average molecular weight is 274 g/mol. The minimum Gasteiger partial charge on any atom is -0.361 e. The quantitative estimate of drug-likeness (QED) is 0.836. The Morgan fingerprint density at radius 1 is 1.50 bits per heavy atom. The molecule has 1 aliphatic heterocycles. The van der Waals surface area contributed by atoms with Gasteiger partial charge in [0, 0.05) is 38.3 Å². The van der Waals surface area contributed by atoms with Gasteiger partial charge >= 0.3 is 0 Å². The molecule has 0 saturated carbocycles. The van der Waals surface area contributed by atoms with E-state index in [9.17, 15) is 4.79 Å². The second-order valence-electron chi connectivity index (χ2n) is 5.33. The Balaban J connectivity index is 1.73. The fourth-order valence-corrected chi connectivity index (χ4v) is 2.68. The lowest BCUT2D eigenvalue weighted by molar-refractivity contribution is 0.0695. The summed E-state index contributed by atoms with van der Waals surface area (Å²) in [7, 11) is 1.91.